The van der Waals surface area contributed by atoms with Crippen molar-refractivity contribution in [3.63, 3.8) is 0 Å². The second-order valence-electron chi connectivity index (χ2n) is 4.64. The first-order chi connectivity index (χ1) is 11.5. The first-order valence-corrected chi connectivity index (χ1v) is 7.79. The maximum absolute atomic E-state index is 11.7. The summed E-state index contributed by atoms with van der Waals surface area (Å²) in [5.74, 6) is 0. The summed E-state index contributed by atoms with van der Waals surface area (Å²) >= 11 is 11.6. The van der Waals surface area contributed by atoms with Gasteiger partial charge in [0.25, 0.3) is 0 Å². The van der Waals surface area contributed by atoms with E-state index in [1.807, 2.05) is 6.07 Å². The van der Waals surface area contributed by atoms with Crippen LogP contribution in [0.15, 0.2) is 48.5 Å². The normalized spacial score (nSPS) is 9.92. The van der Waals surface area contributed by atoms with Gasteiger partial charge in [0.05, 0.1) is 16.6 Å². The second kappa shape index (κ2) is 9.00. The minimum atomic E-state index is -0.590. The summed E-state index contributed by atoms with van der Waals surface area (Å²) in [6, 6.07) is 13.2. The fourth-order valence-electron chi connectivity index (χ4n) is 1.73. The molecule has 3 amide bonds. The molecule has 0 fully saturated rings. The predicted octanol–water partition coefficient (Wildman–Crippen LogP) is 4.36. The quantitative estimate of drug-likeness (QED) is 0.686. The van der Waals surface area contributed by atoms with Crippen LogP contribution in [-0.2, 0) is 4.74 Å². The van der Waals surface area contributed by atoms with Crippen LogP contribution < -0.4 is 16.0 Å². The number of benzene rings is 2. The van der Waals surface area contributed by atoms with Crippen LogP contribution in [0.5, 0.6) is 0 Å². The highest BCUT2D eigenvalue weighted by molar-refractivity contribution is 6.42. The van der Waals surface area contributed by atoms with Gasteiger partial charge in [0, 0.05) is 11.4 Å². The number of anilines is 2. The van der Waals surface area contributed by atoms with Crippen LogP contribution in [0.4, 0.5) is 21.0 Å². The molecular weight excluding hydrogens is 353 g/mol. The minimum absolute atomic E-state index is 0.0352. The summed E-state index contributed by atoms with van der Waals surface area (Å²) in [4.78, 5) is 23.2. The maximum Gasteiger partial charge on any atom is 0.411 e. The van der Waals surface area contributed by atoms with Gasteiger partial charge < -0.3 is 15.4 Å². The van der Waals surface area contributed by atoms with Crippen LogP contribution in [0.25, 0.3) is 0 Å². The average molecular weight is 368 g/mol. The molecule has 0 atom stereocenters. The van der Waals surface area contributed by atoms with E-state index < -0.39 is 12.1 Å². The van der Waals surface area contributed by atoms with Crippen molar-refractivity contribution in [2.24, 2.45) is 0 Å². The van der Waals surface area contributed by atoms with Gasteiger partial charge in [0.15, 0.2) is 0 Å². The molecule has 0 aliphatic rings. The fraction of sp³-hybridized carbons (Fsp3) is 0.125. The number of urea groups is 1. The Morgan fingerprint density at radius 3 is 2.38 bits per heavy atom. The molecule has 0 saturated carbocycles. The molecule has 0 aliphatic heterocycles. The second-order valence-corrected chi connectivity index (χ2v) is 5.45. The lowest BCUT2D eigenvalue weighted by Gasteiger charge is -2.09. The highest BCUT2D eigenvalue weighted by Crippen LogP contribution is 2.24. The zero-order chi connectivity index (χ0) is 17.4. The molecule has 2 aromatic carbocycles. The summed E-state index contributed by atoms with van der Waals surface area (Å²) in [5.41, 5.74) is 1.14. The summed E-state index contributed by atoms with van der Waals surface area (Å²) in [6.45, 7) is 0.197. The molecule has 126 valence electrons. The fourth-order valence-corrected chi connectivity index (χ4v) is 2.03. The van der Waals surface area contributed by atoms with Gasteiger partial charge in [-0.05, 0) is 30.3 Å². The number of halogens is 2. The molecule has 0 unspecified atom stereocenters. The van der Waals surface area contributed by atoms with Gasteiger partial charge in [-0.25, -0.2) is 9.59 Å². The van der Waals surface area contributed by atoms with Crippen molar-refractivity contribution in [1.82, 2.24) is 5.32 Å². The van der Waals surface area contributed by atoms with Crippen molar-refractivity contribution < 1.29 is 14.3 Å². The van der Waals surface area contributed by atoms with Crippen molar-refractivity contribution >= 4 is 46.7 Å². The van der Waals surface area contributed by atoms with E-state index in [1.54, 1.807) is 36.4 Å². The molecule has 0 bridgehead atoms. The summed E-state index contributed by atoms with van der Waals surface area (Å²) in [6.07, 6.45) is -0.590. The van der Waals surface area contributed by atoms with Crippen molar-refractivity contribution in [2.75, 3.05) is 23.8 Å². The molecule has 2 aromatic rings. The van der Waals surface area contributed by atoms with Crippen LogP contribution >= 0.6 is 23.2 Å². The third kappa shape index (κ3) is 5.98. The van der Waals surface area contributed by atoms with E-state index in [-0.39, 0.29) is 13.2 Å². The Morgan fingerprint density at radius 1 is 0.917 bits per heavy atom. The molecule has 0 aliphatic carbocycles. The number of para-hydroxylation sites is 1. The Labute approximate surface area is 149 Å². The van der Waals surface area contributed by atoms with Gasteiger partial charge in [0.2, 0.25) is 0 Å². The summed E-state index contributed by atoms with van der Waals surface area (Å²) in [5, 5.41) is 8.45. The van der Waals surface area contributed by atoms with E-state index in [0.29, 0.717) is 21.4 Å². The minimum Gasteiger partial charge on any atom is -0.447 e. The van der Waals surface area contributed by atoms with Crippen LogP contribution in [0, 0.1) is 0 Å². The number of hydrogen-bond donors (Lipinski definition) is 3. The first kappa shape index (κ1) is 17.9. The largest absolute Gasteiger partial charge is 0.447 e. The molecule has 8 heteroatoms. The van der Waals surface area contributed by atoms with Crippen molar-refractivity contribution in [1.29, 1.82) is 0 Å². The number of nitrogens with one attached hydrogen (secondary N) is 3. The van der Waals surface area contributed by atoms with E-state index in [4.69, 9.17) is 27.9 Å². The summed E-state index contributed by atoms with van der Waals surface area (Å²) < 4.78 is 4.95. The Balaban J connectivity index is 1.65. The molecule has 3 N–H and O–H groups in total. The number of hydrogen-bond acceptors (Lipinski definition) is 3. The standard InChI is InChI=1S/C16H15Cl2N3O3/c17-13-7-6-12(10-14(13)18)20-15(22)19-8-9-24-16(23)21-11-4-2-1-3-5-11/h1-7,10H,8-9H2,(H,21,23)(H2,19,20,22). The van der Waals surface area contributed by atoms with Gasteiger partial charge >= 0.3 is 12.1 Å². The monoisotopic (exact) mass is 367 g/mol. The number of amides is 3. The number of rotatable bonds is 5. The Kier molecular flexibility index (Phi) is 6.72. The Hall–Kier alpha value is -2.44. The number of carbonyl (C=O) groups excluding carboxylic acids is 2. The smallest absolute Gasteiger partial charge is 0.411 e. The third-order valence-corrected chi connectivity index (χ3v) is 3.56. The highest BCUT2D eigenvalue weighted by Gasteiger charge is 2.05. The molecule has 0 aromatic heterocycles. The SMILES string of the molecule is O=C(NCCOC(=O)Nc1ccccc1)Nc1ccc(Cl)c(Cl)c1. The zero-order valence-electron chi connectivity index (χ0n) is 12.5. The van der Waals surface area contributed by atoms with Crippen LogP contribution in [0.3, 0.4) is 0 Å². The van der Waals surface area contributed by atoms with Crippen molar-refractivity contribution in [3.8, 4) is 0 Å². The van der Waals surface area contributed by atoms with Gasteiger partial charge in [-0.3, -0.25) is 5.32 Å². The molecule has 0 spiro atoms. The molecule has 0 radical (unpaired) electrons. The number of carbonyl (C=O) groups is 2. The molecular formula is C16H15Cl2N3O3. The lowest BCUT2D eigenvalue weighted by molar-refractivity contribution is 0.162. The molecule has 6 nitrogen and oxygen atoms in total. The topological polar surface area (TPSA) is 79.5 Å². The molecule has 0 heterocycles. The van der Waals surface area contributed by atoms with E-state index in [0.717, 1.165) is 0 Å². The van der Waals surface area contributed by atoms with E-state index in [2.05, 4.69) is 16.0 Å². The summed E-state index contributed by atoms with van der Waals surface area (Å²) in [7, 11) is 0. The molecule has 0 saturated heterocycles. The molecule has 2 rings (SSSR count). The van der Waals surface area contributed by atoms with Gasteiger partial charge in [0.1, 0.15) is 6.61 Å². The van der Waals surface area contributed by atoms with Crippen LogP contribution in [0.2, 0.25) is 10.0 Å². The van der Waals surface area contributed by atoms with E-state index in [1.165, 1.54) is 6.07 Å². The van der Waals surface area contributed by atoms with Crippen LogP contribution in [0.1, 0.15) is 0 Å². The lowest BCUT2D eigenvalue weighted by atomic mass is 10.3. The van der Waals surface area contributed by atoms with Crippen molar-refractivity contribution in [3.05, 3.63) is 58.6 Å². The van der Waals surface area contributed by atoms with E-state index in [9.17, 15) is 9.59 Å². The lowest BCUT2D eigenvalue weighted by Crippen LogP contribution is -2.32. The number of ether oxygens (including phenoxy) is 1. The van der Waals surface area contributed by atoms with Crippen LogP contribution in [-0.4, -0.2) is 25.3 Å². The van der Waals surface area contributed by atoms with Gasteiger partial charge in [-0.2, -0.15) is 0 Å². The van der Waals surface area contributed by atoms with Gasteiger partial charge in [-0.1, -0.05) is 41.4 Å². The molecule has 24 heavy (non-hydrogen) atoms. The maximum atomic E-state index is 11.7. The third-order valence-electron chi connectivity index (χ3n) is 2.82. The zero-order valence-corrected chi connectivity index (χ0v) is 14.0. The highest BCUT2D eigenvalue weighted by atomic mass is 35.5. The van der Waals surface area contributed by atoms with E-state index >= 15 is 0 Å². The average Bonchev–Trinajstić information content (AvgIpc) is 2.56. The predicted molar refractivity (Wildman–Crippen MR) is 94.9 cm³/mol. The van der Waals surface area contributed by atoms with Gasteiger partial charge in [-0.15, -0.1) is 0 Å². The Bertz CT molecular complexity index is 711. The van der Waals surface area contributed by atoms with Crippen molar-refractivity contribution in [2.45, 2.75) is 0 Å². The Morgan fingerprint density at radius 2 is 1.67 bits per heavy atom. The first-order valence-electron chi connectivity index (χ1n) is 7.03.